The molecule has 5 aromatic carbocycles. The molecule has 58 heavy (non-hydrogen) atoms. The largest absolute Gasteiger partial charge is 0.494 e. The monoisotopic (exact) mass is 796 g/mol. The average Bonchev–Trinajstić information content (AvgIpc) is 3.24. The van der Waals surface area contributed by atoms with Crippen molar-refractivity contribution in [3.8, 4) is 11.8 Å². The maximum Gasteiger partial charge on any atom is 0.261 e. The molecule has 0 aliphatic heterocycles. The van der Waals surface area contributed by atoms with Gasteiger partial charge in [0, 0.05) is 71.8 Å². The Labute approximate surface area is 337 Å². The zero-order chi connectivity index (χ0) is 40.4. The fourth-order valence-corrected chi connectivity index (χ4v) is 8.03. The summed E-state index contributed by atoms with van der Waals surface area (Å²) >= 11 is 0. The molecular weight excluding hydrogens is 741 g/mol. The lowest BCUT2D eigenvalue weighted by Gasteiger charge is -2.20. The van der Waals surface area contributed by atoms with Crippen LogP contribution in [-0.4, -0.2) is 98.6 Å². The molecule has 0 fully saturated rings. The highest BCUT2D eigenvalue weighted by molar-refractivity contribution is 6.39. The van der Waals surface area contributed by atoms with Crippen LogP contribution in [0, 0.1) is 0 Å². The Morgan fingerprint density at radius 2 is 0.638 bits per heavy atom. The molecule has 7 rings (SSSR count). The van der Waals surface area contributed by atoms with E-state index < -0.39 is 0 Å². The number of hydrogen-bond acceptors (Lipinski definition) is 10. The molecule has 0 aliphatic carbocycles. The van der Waals surface area contributed by atoms with Crippen LogP contribution in [0.2, 0.25) is 0 Å². The van der Waals surface area contributed by atoms with E-state index in [9.17, 15) is 19.8 Å². The van der Waals surface area contributed by atoms with Gasteiger partial charge in [-0.2, -0.15) is 0 Å². The van der Waals surface area contributed by atoms with E-state index in [0.717, 1.165) is 71.2 Å². The van der Waals surface area contributed by atoms with Crippen molar-refractivity contribution >= 4 is 64.6 Å². The van der Waals surface area contributed by atoms with Crippen LogP contribution in [0.25, 0.3) is 64.6 Å². The lowest BCUT2D eigenvalue weighted by atomic mass is 9.86. The normalized spacial score (nSPS) is 12.3. The summed E-state index contributed by atoms with van der Waals surface area (Å²) in [5.41, 5.74) is -0.522. The molecule has 2 heterocycles. The van der Waals surface area contributed by atoms with Crippen molar-refractivity contribution in [1.29, 1.82) is 0 Å². The predicted molar refractivity (Wildman–Crippen MR) is 230 cm³/mol. The molecule has 2 aromatic heterocycles. The Bertz CT molecular complexity index is 2350. The summed E-state index contributed by atoms with van der Waals surface area (Å²) in [7, 11) is 0. The Kier molecular flexibility index (Phi) is 14.3. The molecule has 310 valence electrons. The number of nitrogens with zero attached hydrogens (tertiary/aromatic N) is 2. The Balaban J connectivity index is 1.06. The van der Waals surface area contributed by atoms with Gasteiger partial charge in [0.25, 0.3) is 11.1 Å². The molecule has 2 N–H and O–H groups in total. The molecule has 0 saturated heterocycles. The number of unbranched alkanes of at least 4 members (excludes halogenated alkanes) is 2. The molecule has 0 amide bonds. The van der Waals surface area contributed by atoms with Crippen LogP contribution in [0.1, 0.15) is 52.4 Å². The van der Waals surface area contributed by atoms with Gasteiger partial charge in [0.1, 0.15) is 0 Å². The molecular formula is C46H56N2O10. The van der Waals surface area contributed by atoms with Crippen molar-refractivity contribution < 1.29 is 38.6 Å². The van der Waals surface area contributed by atoms with Gasteiger partial charge in [0.05, 0.1) is 52.9 Å². The van der Waals surface area contributed by atoms with Crippen molar-refractivity contribution in [3.05, 3.63) is 69.2 Å². The highest BCUT2D eigenvalue weighted by atomic mass is 16.5. The number of fused-ring (bicyclic) bond motifs is 2. The van der Waals surface area contributed by atoms with Gasteiger partial charge in [-0.05, 0) is 82.3 Å². The third-order valence-electron chi connectivity index (χ3n) is 11.0. The third kappa shape index (κ3) is 8.59. The van der Waals surface area contributed by atoms with Gasteiger partial charge in [-0.25, -0.2) is 0 Å². The highest BCUT2D eigenvalue weighted by Crippen LogP contribution is 2.46. The first kappa shape index (κ1) is 41.6. The van der Waals surface area contributed by atoms with Crippen molar-refractivity contribution in [2.45, 2.75) is 65.5 Å². The SMILES string of the molecule is CCCCOCCOCCOCCCn1c(O)c2ccc3c4ccc5c(=O)n(CCCOCCOCCOCCCC)c(O)c6ccc(c7ccc(c1=O)c2c37)c4c65. The summed E-state index contributed by atoms with van der Waals surface area (Å²) in [6.45, 7) is 11.2. The zero-order valence-electron chi connectivity index (χ0n) is 33.8. The number of pyridine rings is 2. The third-order valence-corrected chi connectivity index (χ3v) is 11.0. The van der Waals surface area contributed by atoms with Crippen molar-refractivity contribution in [3.63, 3.8) is 0 Å². The highest BCUT2D eigenvalue weighted by Gasteiger charge is 2.23. The summed E-state index contributed by atoms with van der Waals surface area (Å²) in [5.74, 6) is -0.147. The summed E-state index contributed by atoms with van der Waals surface area (Å²) in [6, 6.07) is 15.3. The maximum atomic E-state index is 13.9. The lowest BCUT2D eigenvalue weighted by Crippen LogP contribution is -2.22. The molecule has 0 radical (unpaired) electrons. The van der Waals surface area contributed by atoms with Crippen molar-refractivity contribution in [2.75, 3.05) is 79.3 Å². The molecule has 0 spiro atoms. The van der Waals surface area contributed by atoms with E-state index in [1.807, 2.05) is 48.5 Å². The second-order valence-corrected chi connectivity index (χ2v) is 14.8. The van der Waals surface area contributed by atoms with E-state index in [-0.39, 0.29) is 22.9 Å². The second-order valence-electron chi connectivity index (χ2n) is 14.8. The molecule has 0 atom stereocenters. The van der Waals surface area contributed by atoms with Crippen LogP contribution in [0.4, 0.5) is 0 Å². The first-order chi connectivity index (χ1) is 28.5. The van der Waals surface area contributed by atoms with E-state index >= 15 is 0 Å². The summed E-state index contributed by atoms with van der Waals surface area (Å²) in [6.07, 6.45) is 5.40. The number of benzene rings is 5. The van der Waals surface area contributed by atoms with Gasteiger partial charge in [0.2, 0.25) is 11.8 Å². The Morgan fingerprint density at radius 3 is 0.966 bits per heavy atom. The van der Waals surface area contributed by atoms with Gasteiger partial charge < -0.3 is 38.6 Å². The van der Waals surface area contributed by atoms with Crippen LogP contribution in [0.15, 0.2) is 58.1 Å². The van der Waals surface area contributed by atoms with E-state index in [1.165, 1.54) is 9.13 Å². The zero-order valence-corrected chi connectivity index (χ0v) is 33.8. The quantitative estimate of drug-likeness (QED) is 0.0319. The molecule has 12 nitrogen and oxygen atoms in total. The number of hydrogen-bond donors (Lipinski definition) is 2. The fourth-order valence-electron chi connectivity index (χ4n) is 8.03. The number of aromatic nitrogens is 2. The van der Waals surface area contributed by atoms with Crippen LogP contribution in [-0.2, 0) is 41.5 Å². The van der Waals surface area contributed by atoms with E-state index in [2.05, 4.69) is 13.8 Å². The fraction of sp³-hybridized carbons (Fsp3) is 0.478. The van der Waals surface area contributed by atoms with E-state index in [0.29, 0.717) is 124 Å². The van der Waals surface area contributed by atoms with Crippen molar-refractivity contribution in [1.82, 2.24) is 9.13 Å². The van der Waals surface area contributed by atoms with Gasteiger partial charge >= 0.3 is 0 Å². The van der Waals surface area contributed by atoms with Gasteiger partial charge in [-0.1, -0.05) is 51.0 Å². The second kappa shape index (κ2) is 19.9. The molecule has 0 unspecified atom stereocenters. The topological polar surface area (TPSA) is 140 Å². The Hall–Kier alpha value is -4.56. The molecule has 0 saturated carbocycles. The molecule has 12 heteroatoms. The lowest BCUT2D eigenvalue weighted by molar-refractivity contribution is 0.0131. The summed E-state index contributed by atoms with van der Waals surface area (Å²) in [5, 5.41) is 32.1. The minimum absolute atomic E-state index is 0.0733. The molecule has 0 bridgehead atoms. The Morgan fingerprint density at radius 1 is 0.379 bits per heavy atom. The minimum atomic E-state index is -0.261. The van der Waals surface area contributed by atoms with Crippen LogP contribution < -0.4 is 11.1 Å². The molecule has 7 aromatic rings. The van der Waals surface area contributed by atoms with Crippen molar-refractivity contribution in [2.24, 2.45) is 0 Å². The van der Waals surface area contributed by atoms with Gasteiger partial charge in [-0.3, -0.25) is 18.7 Å². The number of rotatable bonds is 26. The van der Waals surface area contributed by atoms with Gasteiger partial charge in [-0.15, -0.1) is 0 Å². The van der Waals surface area contributed by atoms with Crippen LogP contribution in [0.3, 0.4) is 0 Å². The van der Waals surface area contributed by atoms with Crippen LogP contribution >= 0.6 is 0 Å². The first-order valence-corrected chi connectivity index (χ1v) is 20.9. The number of aromatic hydroxyl groups is 2. The maximum absolute atomic E-state index is 13.9. The average molecular weight is 797 g/mol. The minimum Gasteiger partial charge on any atom is -0.494 e. The van der Waals surface area contributed by atoms with Gasteiger partial charge in [0.15, 0.2) is 0 Å². The smallest absolute Gasteiger partial charge is 0.261 e. The predicted octanol–water partition coefficient (Wildman–Crippen LogP) is 7.70. The van der Waals surface area contributed by atoms with E-state index in [1.54, 1.807) is 0 Å². The standard InChI is InChI=1S/C46H56N2O10/c1-3-5-19-53-23-27-57-29-25-55-21-7-17-47-43(49)35-13-9-31-33-11-15-37-42-38(16-12-34(40(33)42)32-10-14-36(44(47)50)41(35)39(31)32)46(52)48(45(37)51)18-8-22-56-26-30-58-28-24-54-20-6-4-2/h9-16,49,52H,3-8,17-30H2,1-2H3. The molecule has 0 aliphatic rings. The summed E-state index contributed by atoms with van der Waals surface area (Å²) < 4.78 is 36.5. The number of ether oxygens (including phenoxy) is 6. The summed E-state index contributed by atoms with van der Waals surface area (Å²) in [4.78, 5) is 27.9. The first-order valence-electron chi connectivity index (χ1n) is 20.9. The van der Waals surface area contributed by atoms with E-state index in [4.69, 9.17) is 28.4 Å². The van der Waals surface area contributed by atoms with Crippen LogP contribution in [0.5, 0.6) is 11.8 Å².